The van der Waals surface area contributed by atoms with Crippen molar-refractivity contribution in [3.05, 3.63) is 45.8 Å². The second kappa shape index (κ2) is 6.85. The van der Waals surface area contributed by atoms with E-state index in [0.717, 1.165) is 19.3 Å². The van der Waals surface area contributed by atoms with Crippen molar-refractivity contribution in [2.75, 3.05) is 6.61 Å². The Labute approximate surface area is 99.7 Å². The van der Waals surface area contributed by atoms with Crippen LogP contribution in [0.1, 0.15) is 32.4 Å². The summed E-state index contributed by atoms with van der Waals surface area (Å²) in [7, 11) is 0. The molecule has 0 bridgehead atoms. The van der Waals surface area contributed by atoms with Gasteiger partial charge in [-0.3, -0.25) is 14.3 Å². The Bertz CT molecular complexity index is 461. The molecule has 1 rings (SSSR count). The third kappa shape index (κ3) is 4.03. The number of unbranched alkanes of at least 4 members (excludes halogenated alkanes) is 2. The Morgan fingerprint density at radius 3 is 2.88 bits per heavy atom. The summed E-state index contributed by atoms with van der Waals surface area (Å²) in [6.07, 6.45) is 5.56. The van der Waals surface area contributed by atoms with Gasteiger partial charge in [0, 0.05) is 18.9 Å². The van der Waals surface area contributed by atoms with Crippen molar-refractivity contribution < 1.29 is 4.74 Å². The van der Waals surface area contributed by atoms with E-state index in [2.05, 4.69) is 18.5 Å². The fourth-order valence-electron chi connectivity index (χ4n) is 1.45. The predicted molar refractivity (Wildman–Crippen MR) is 66.0 cm³/mol. The highest BCUT2D eigenvalue weighted by Crippen LogP contribution is 2.07. The molecule has 0 amide bonds. The van der Waals surface area contributed by atoms with E-state index in [1.807, 2.05) is 0 Å². The van der Waals surface area contributed by atoms with Crippen molar-refractivity contribution in [1.82, 2.24) is 9.55 Å². The van der Waals surface area contributed by atoms with E-state index in [9.17, 15) is 9.59 Å². The first kappa shape index (κ1) is 13.4. The maximum atomic E-state index is 11.5. The summed E-state index contributed by atoms with van der Waals surface area (Å²) in [6.45, 7) is 6.30. The van der Waals surface area contributed by atoms with Gasteiger partial charge in [-0.05, 0) is 12.5 Å². The van der Waals surface area contributed by atoms with Gasteiger partial charge in [-0.15, -0.1) is 0 Å². The molecule has 0 saturated carbocycles. The fourth-order valence-corrected chi connectivity index (χ4v) is 1.45. The van der Waals surface area contributed by atoms with Gasteiger partial charge in [0.15, 0.2) is 6.23 Å². The molecule has 1 atom stereocenters. The summed E-state index contributed by atoms with van der Waals surface area (Å²) in [4.78, 5) is 24.6. The van der Waals surface area contributed by atoms with Crippen molar-refractivity contribution >= 4 is 0 Å². The first-order valence-electron chi connectivity index (χ1n) is 5.74. The lowest BCUT2D eigenvalue weighted by molar-refractivity contribution is 0.0322. The minimum Gasteiger partial charge on any atom is -0.354 e. The van der Waals surface area contributed by atoms with Crippen LogP contribution in [0.25, 0.3) is 0 Å². The van der Waals surface area contributed by atoms with Gasteiger partial charge in [-0.2, -0.15) is 0 Å². The van der Waals surface area contributed by atoms with Gasteiger partial charge in [0.25, 0.3) is 5.56 Å². The van der Waals surface area contributed by atoms with Crippen molar-refractivity contribution in [1.29, 1.82) is 0 Å². The lowest BCUT2D eigenvalue weighted by Crippen LogP contribution is -2.31. The molecule has 94 valence electrons. The molecule has 5 nitrogen and oxygen atoms in total. The summed E-state index contributed by atoms with van der Waals surface area (Å²) in [5.74, 6) is 0. The van der Waals surface area contributed by atoms with Gasteiger partial charge in [0.05, 0.1) is 0 Å². The molecule has 1 aromatic rings. The zero-order valence-corrected chi connectivity index (χ0v) is 10.0. The van der Waals surface area contributed by atoms with E-state index in [0.29, 0.717) is 6.61 Å². The number of nitrogens with zero attached hydrogens (tertiary/aromatic N) is 1. The van der Waals surface area contributed by atoms with Gasteiger partial charge in [0.2, 0.25) is 0 Å². The summed E-state index contributed by atoms with van der Waals surface area (Å²) in [5, 5.41) is 0. The molecule has 1 N–H and O–H groups in total. The van der Waals surface area contributed by atoms with Gasteiger partial charge >= 0.3 is 5.69 Å². The van der Waals surface area contributed by atoms with E-state index in [1.54, 1.807) is 0 Å². The molecule has 0 spiro atoms. The van der Waals surface area contributed by atoms with E-state index in [1.165, 1.54) is 22.9 Å². The van der Waals surface area contributed by atoms with Crippen molar-refractivity contribution in [3.8, 4) is 0 Å². The molecule has 0 aliphatic heterocycles. The van der Waals surface area contributed by atoms with E-state index >= 15 is 0 Å². The standard InChI is InChI=1S/C12H18N2O3/c1-3-5-6-9-17-11(4-2)14-8-7-10(15)13-12(14)16/h4,7-8,11H,2-3,5-6,9H2,1H3,(H,13,15,16)/t11-/m0/s1. The normalized spacial score (nSPS) is 12.3. The summed E-state index contributed by atoms with van der Waals surface area (Å²) >= 11 is 0. The molecule has 17 heavy (non-hydrogen) atoms. The van der Waals surface area contributed by atoms with Crippen LogP contribution in [0.5, 0.6) is 0 Å². The largest absolute Gasteiger partial charge is 0.354 e. The summed E-state index contributed by atoms with van der Waals surface area (Å²) in [6, 6.07) is 1.29. The van der Waals surface area contributed by atoms with Crippen molar-refractivity contribution in [3.63, 3.8) is 0 Å². The number of nitrogens with one attached hydrogen (secondary N) is 1. The lowest BCUT2D eigenvalue weighted by Gasteiger charge is -2.15. The Hall–Kier alpha value is -1.62. The van der Waals surface area contributed by atoms with E-state index in [-0.39, 0.29) is 0 Å². The van der Waals surface area contributed by atoms with Crippen LogP contribution in [0.3, 0.4) is 0 Å². The number of aromatic nitrogens is 2. The van der Waals surface area contributed by atoms with Crippen LogP contribution in [0, 0.1) is 0 Å². The van der Waals surface area contributed by atoms with Crippen molar-refractivity contribution in [2.45, 2.75) is 32.4 Å². The maximum absolute atomic E-state index is 11.5. The number of rotatable bonds is 7. The predicted octanol–water partition coefficient (Wildman–Crippen LogP) is 1.43. The molecule has 0 aliphatic carbocycles. The number of hydrogen-bond donors (Lipinski definition) is 1. The van der Waals surface area contributed by atoms with Crippen LogP contribution in [0.4, 0.5) is 0 Å². The third-order valence-corrected chi connectivity index (χ3v) is 2.36. The zero-order chi connectivity index (χ0) is 12.7. The van der Waals surface area contributed by atoms with Crippen LogP contribution in [0.2, 0.25) is 0 Å². The van der Waals surface area contributed by atoms with Crippen LogP contribution < -0.4 is 11.2 Å². The lowest BCUT2D eigenvalue weighted by atomic mass is 10.3. The van der Waals surface area contributed by atoms with Crippen LogP contribution in [0.15, 0.2) is 34.5 Å². The van der Waals surface area contributed by atoms with Crippen molar-refractivity contribution in [2.24, 2.45) is 0 Å². The zero-order valence-electron chi connectivity index (χ0n) is 10.0. The van der Waals surface area contributed by atoms with Gasteiger partial charge in [-0.1, -0.05) is 26.3 Å². The topological polar surface area (TPSA) is 64.1 Å². The maximum Gasteiger partial charge on any atom is 0.330 e. The summed E-state index contributed by atoms with van der Waals surface area (Å²) < 4.78 is 6.83. The molecule has 0 radical (unpaired) electrons. The molecule has 1 heterocycles. The highest BCUT2D eigenvalue weighted by molar-refractivity contribution is 4.88. The average Bonchev–Trinajstić information content (AvgIpc) is 2.31. The van der Waals surface area contributed by atoms with Crippen LogP contribution in [-0.4, -0.2) is 16.2 Å². The van der Waals surface area contributed by atoms with Gasteiger partial charge in [-0.25, -0.2) is 4.79 Å². The average molecular weight is 238 g/mol. The monoisotopic (exact) mass is 238 g/mol. The Morgan fingerprint density at radius 2 is 2.29 bits per heavy atom. The smallest absolute Gasteiger partial charge is 0.330 e. The first-order chi connectivity index (χ1) is 8.19. The fraction of sp³-hybridized carbons (Fsp3) is 0.500. The van der Waals surface area contributed by atoms with Gasteiger partial charge < -0.3 is 4.74 Å². The molecular formula is C12H18N2O3. The molecule has 0 saturated heterocycles. The second-order valence-corrected chi connectivity index (χ2v) is 3.72. The number of H-pyrrole nitrogens is 1. The molecule has 5 heteroatoms. The molecule has 0 aromatic carbocycles. The molecule has 0 aliphatic rings. The highest BCUT2D eigenvalue weighted by Gasteiger charge is 2.08. The molecular weight excluding hydrogens is 220 g/mol. The number of hydrogen-bond acceptors (Lipinski definition) is 3. The van der Waals surface area contributed by atoms with Crippen LogP contribution in [-0.2, 0) is 4.74 Å². The molecule has 0 fully saturated rings. The Balaban J connectivity index is 2.69. The van der Waals surface area contributed by atoms with E-state index < -0.39 is 17.5 Å². The third-order valence-electron chi connectivity index (χ3n) is 2.36. The minimum atomic E-state index is -0.531. The first-order valence-corrected chi connectivity index (χ1v) is 5.74. The number of aromatic amines is 1. The Morgan fingerprint density at radius 1 is 1.53 bits per heavy atom. The Kier molecular flexibility index (Phi) is 5.42. The van der Waals surface area contributed by atoms with E-state index in [4.69, 9.17) is 4.74 Å². The summed E-state index contributed by atoms with van der Waals surface area (Å²) in [5.41, 5.74) is -0.905. The second-order valence-electron chi connectivity index (χ2n) is 3.72. The van der Waals surface area contributed by atoms with Crippen LogP contribution >= 0.6 is 0 Å². The number of ether oxygens (including phenoxy) is 1. The molecule has 1 aromatic heterocycles. The highest BCUT2D eigenvalue weighted by atomic mass is 16.5. The minimum absolute atomic E-state index is 0.417. The molecule has 0 unspecified atom stereocenters. The van der Waals surface area contributed by atoms with Gasteiger partial charge in [0.1, 0.15) is 0 Å². The quantitative estimate of drug-likeness (QED) is 0.577. The SMILES string of the molecule is C=C[C@H](OCCCCC)n1ccc(=O)[nH]c1=O.